The van der Waals surface area contributed by atoms with Gasteiger partial charge in [0.2, 0.25) is 5.91 Å². The third-order valence-corrected chi connectivity index (χ3v) is 6.84. The molecular weight excluding hydrogens is 406 g/mol. The molecule has 0 unspecified atom stereocenters. The van der Waals surface area contributed by atoms with Gasteiger partial charge in [-0.25, -0.2) is 4.98 Å². The van der Waals surface area contributed by atoms with Crippen molar-refractivity contribution >= 4 is 34.5 Å². The minimum Gasteiger partial charge on any atom is -0.391 e. The highest BCUT2D eigenvalue weighted by molar-refractivity contribution is 7.13. The molecule has 1 fully saturated rings. The van der Waals surface area contributed by atoms with Crippen LogP contribution in [0.5, 0.6) is 0 Å². The monoisotopic (exact) mass is 427 g/mol. The van der Waals surface area contributed by atoms with Crippen LogP contribution < -0.4 is 5.32 Å². The fourth-order valence-electron chi connectivity index (χ4n) is 3.49. The van der Waals surface area contributed by atoms with Crippen LogP contribution >= 0.6 is 22.7 Å². The quantitative estimate of drug-likeness (QED) is 0.656. The molecule has 0 saturated carbocycles. The van der Waals surface area contributed by atoms with E-state index in [0.29, 0.717) is 11.4 Å². The van der Waals surface area contributed by atoms with Gasteiger partial charge in [0.05, 0.1) is 27.1 Å². The lowest BCUT2D eigenvalue weighted by Crippen LogP contribution is -2.45. The summed E-state index contributed by atoms with van der Waals surface area (Å²) < 4.78 is 0. The first-order valence-corrected chi connectivity index (χ1v) is 11.1. The number of aliphatic hydroxyl groups is 1. The predicted molar refractivity (Wildman–Crippen MR) is 114 cm³/mol. The number of nitrogens with zero attached hydrogens (tertiary/aromatic N) is 2. The third kappa shape index (κ3) is 4.24. The molecule has 2 amide bonds. The van der Waals surface area contributed by atoms with Crippen LogP contribution in [-0.4, -0.2) is 45.5 Å². The minimum atomic E-state index is -0.684. The molecule has 2 atom stereocenters. The van der Waals surface area contributed by atoms with Crippen molar-refractivity contribution in [1.29, 1.82) is 0 Å². The zero-order valence-electron chi connectivity index (χ0n) is 15.9. The topological polar surface area (TPSA) is 82.5 Å². The molecule has 4 rings (SSSR count). The van der Waals surface area contributed by atoms with Gasteiger partial charge in [0.1, 0.15) is 6.04 Å². The van der Waals surface area contributed by atoms with Crippen molar-refractivity contribution in [2.75, 3.05) is 6.54 Å². The van der Waals surface area contributed by atoms with Crippen molar-refractivity contribution in [2.45, 2.75) is 32.0 Å². The van der Waals surface area contributed by atoms with Gasteiger partial charge in [0.15, 0.2) is 0 Å². The molecule has 0 aliphatic carbocycles. The van der Waals surface area contributed by atoms with E-state index in [0.717, 1.165) is 21.7 Å². The average molecular weight is 428 g/mol. The number of β-amino-alcohol motifs (C(OH)–C–C–N with tert-alkyl or cyclic N) is 1. The summed E-state index contributed by atoms with van der Waals surface area (Å²) in [6.45, 7) is 2.53. The molecule has 150 valence electrons. The summed E-state index contributed by atoms with van der Waals surface area (Å²) in [5.41, 5.74) is 4.91. The van der Waals surface area contributed by atoms with E-state index >= 15 is 0 Å². The second kappa shape index (κ2) is 8.44. The highest BCUT2D eigenvalue weighted by atomic mass is 32.1. The number of carbonyl (C=O) groups excluding carboxylic acids is 2. The SMILES string of the molecule is Cc1ncsc1-c1ccc(CNC(=O)[C@@H]2C[C@@H](O)CN2C(=O)c2cccs2)cc1. The number of thiazole rings is 1. The van der Waals surface area contributed by atoms with Gasteiger partial charge in [-0.1, -0.05) is 30.3 Å². The molecule has 0 spiro atoms. The van der Waals surface area contributed by atoms with E-state index in [1.165, 1.54) is 16.2 Å². The average Bonchev–Trinajstić information content (AvgIpc) is 3.47. The Labute approximate surface area is 176 Å². The maximum absolute atomic E-state index is 12.7. The number of likely N-dealkylation sites (tertiary alicyclic amines) is 1. The Bertz CT molecular complexity index is 999. The van der Waals surface area contributed by atoms with Gasteiger partial charge in [-0.2, -0.15) is 0 Å². The highest BCUT2D eigenvalue weighted by Crippen LogP contribution is 2.27. The number of aryl methyl sites for hydroxylation is 1. The lowest BCUT2D eigenvalue weighted by molar-refractivity contribution is -0.125. The van der Waals surface area contributed by atoms with Crippen molar-refractivity contribution in [3.63, 3.8) is 0 Å². The largest absolute Gasteiger partial charge is 0.391 e. The van der Waals surface area contributed by atoms with E-state index < -0.39 is 12.1 Å². The molecular formula is C21H21N3O3S2. The predicted octanol–water partition coefficient (Wildman–Crippen LogP) is 3.07. The number of carbonyl (C=O) groups is 2. The Morgan fingerprint density at radius 3 is 2.69 bits per heavy atom. The number of thiophene rings is 1. The Hall–Kier alpha value is -2.55. The molecule has 2 N–H and O–H groups in total. The van der Waals surface area contributed by atoms with Crippen molar-refractivity contribution in [1.82, 2.24) is 15.2 Å². The maximum Gasteiger partial charge on any atom is 0.264 e. The zero-order chi connectivity index (χ0) is 20.4. The van der Waals surface area contributed by atoms with Crippen molar-refractivity contribution < 1.29 is 14.7 Å². The molecule has 8 heteroatoms. The lowest BCUT2D eigenvalue weighted by Gasteiger charge is -2.23. The first-order chi connectivity index (χ1) is 14.0. The summed E-state index contributed by atoms with van der Waals surface area (Å²) in [4.78, 5) is 32.9. The summed E-state index contributed by atoms with van der Waals surface area (Å²) in [6.07, 6.45) is -0.427. The molecule has 1 aromatic carbocycles. The van der Waals surface area contributed by atoms with Gasteiger partial charge >= 0.3 is 0 Å². The summed E-state index contributed by atoms with van der Waals surface area (Å²) in [6, 6.07) is 10.9. The molecule has 3 heterocycles. The fourth-order valence-corrected chi connectivity index (χ4v) is 4.98. The van der Waals surface area contributed by atoms with E-state index in [9.17, 15) is 14.7 Å². The molecule has 3 aromatic rings. The number of nitrogens with one attached hydrogen (secondary N) is 1. The van der Waals surface area contributed by atoms with Crippen LogP contribution in [-0.2, 0) is 11.3 Å². The van der Waals surface area contributed by atoms with Crippen molar-refractivity contribution in [3.05, 3.63) is 63.4 Å². The molecule has 1 aliphatic heterocycles. The Morgan fingerprint density at radius 1 is 1.24 bits per heavy atom. The number of aromatic nitrogens is 1. The maximum atomic E-state index is 12.7. The smallest absolute Gasteiger partial charge is 0.264 e. The molecule has 29 heavy (non-hydrogen) atoms. The Kier molecular flexibility index (Phi) is 5.75. The van der Waals surface area contributed by atoms with Gasteiger partial charge in [0, 0.05) is 19.5 Å². The van der Waals surface area contributed by atoms with Crippen molar-refractivity contribution in [2.24, 2.45) is 0 Å². The summed E-state index contributed by atoms with van der Waals surface area (Å²) in [5, 5.41) is 14.8. The second-order valence-corrected chi connectivity index (χ2v) is 8.82. The lowest BCUT2D eigenvalue weighted by atomic mass is 10.1. The Balaban J connectivity index is 1.39. The standard InChI is InChI=1S/C21H21N3O3S2/c1-13-19(29-12-23-13)15-6-4-14(5-7-15)10-22-20(26)17-9-16(25)11-24(17)21(27)18-3-2-8-28-18/h2-8,12,16-17,25H,9-11H2,1H3,(H,22,26)/t16-,17+/m1/s1. The van der Waals surface area contributed by atoms with E-state index in [4.69, 9.17) is 0 Å². The van der Waals surface area contributed by atoms with Crippen LogP contribution in [0.15, 0.2) is 47.3 Å². The molecule has 2 aromatic heterocycles. The summed E-state index contributed by atoms with van der Waals surface area (Å²) >= 11 is 2.94. The fraction of sp³-hybridized carbons (Fsp3) is 0.286. The van der Waals surface area contributed by atoms with Gasteiger partial charge in [-0.15, -0.1) is 22.7 Å². The summed E-state index contributed by atoms with van der Waals surface area (Å²) in [5.74, 6) is -0.449. The van der Waals surface area contributed by atoms with E-state index in [1.807, 2.05) is 42.1 Å². The number of hydrogen-bond acceptors (Lipinski definition) is 6. The first kappa shape index (κ1) is 19.8. The van der Waals surface area contributed by atoms with Crippen LogP contribution in [0.1, 0.15) is 27.3 Å². The first-order valence-electron chi connectivity index (χ1n) is 9.32. The van der Waals surface area contributed by atoms with Gasteiger partial charge in [0.25, 0.3) is 5.91 Å². The second-order valence-electron chi connectivity index (χ2n) is 7.02. The zero-order valence-corrected chi connectivity index (χ0v) is 17.5. The van der Waals surface area contributed by atoms with Crippen LogP contribution in [0, 0.1) is 6.92 Å². The van der Waals surface area contributed by atoms with Gasteiger partial charge < -0.3 is 15.3 Å². The number of rotatable bonds is 5. The summed E-state index contributed by atoms with van der Waals surface area (Å²) in [7, 11) is 0. The minimum absolute atomic E-state index is 0.178. The number of amides is 2. The number of aliphatic hydroxyl groups excluding tert-OH is 1. The van der Waals surface area contributed by atoms with Crippen LogP contribution in [0.25, 0.3) is 10.4 Å². The highest BCUT2D eigenvalue weighted by Gasteiger charge is 2.39. The van der Waals surface area contributed by atoms with Gasteiger partial charge in [-0.3, -0.25) is 9.59 Å². The van der Waals surface area contributed by atoms with E-state index in [1.54, 1.807) is 23.5 Å². The van der Waals surface area contributed by atoms with E-state index in [2.05, 4.69) is 10.3 Å². The molecule has 0 bridgehead atoms. The number of hydrogen-bond donors (Lipinski definition) is 2. The number of benzene rings is 1. The van der Waals surface area contributed by atoms with Gasteiger partial charge in [-0.05, 0) is 29.5 Å². The van der Waals surface area contributed by atoms with Crippen molar-refractivity contribution in [3.8, 4) is 10.4 Å². The molecule has 0 radical (unpaired) electrons. The van der Waals surface area contributed by atoms with Crippen LogP contribution in [0.2, 0.25) is 0 Å². The van der Waals surface area contributed by atoms with Crippen LogP contribution in [0.3, 0.4) is 0 Å². The third-order valence-electron chi connectivity index (χ3n) is 5.00. The Morgan fingerprint density at radius 2 is 2.03 bits per heavy atom. The normalized spacial score (nSPS) is 18.8. The molecule has 1 saturated heterocycles. The van der Waals surface area contributed by atoms with E-state index in [-0.39, 0.29) is 24.8 Å². The van der Waals surface area contributed by atoms with Crippen LogP contribution in [0.4, 0.5) is 0 Å². The molecule has 1 aliphatic rings. The molecule has 6 nitrogen and oxygen atoms in total.